The quantitative estimate of drug-likeness (QED) is 0.842. The Morgan fingerprint density at radius 2 is 1.81 bits per heavy atom. The topological polar surface area (TPSA) is 29.5 Å². The molecule has 90 valence electrons. The predicted molar refractivity (Wildman–Crippen MR) is 57.8 cm³/mol. The molecule has 1 aromatic rings. The van der Waals surface area contributed by atoms with Crippen molar-refractivity contribution in [3.05, 3.63) is 29.8 Å². The zero-order valence-electron chi connectivity index (χ0n) is 9.41. The van der Waals surface area contributed by atoms with Gasteiger partial charge in [-0.3, -0.25) is 0 Å². The molecule has 0 radical (unpaired) electrons. The Hall–Kier alpha value is -1.16. The minimum Gasteiger partial charge on any atom is -0.491 e. The number of rotatable bonds is 5. The van der Waals surface area contributed by atoms with Gasteiger partial charge in [-0.1, -0.05) is 0 Å². The van der Waals surface area contributed by atoms with Gasteiger partial charge >= 0.3 is 0 Å². The Kier molecular flexibility index (Phi) is 4.24. The standard InChI is InChI=1S/C12H16F2O2/c1-9(2)16-11-5-3-10(4-6-11)12(13,14)7-8-15/h3-6,9,15H,7-8H2,1-2H3. The molecule has 0 atom stereocenters. The Labute approximate surface area is 93.9 Å². The van der Waals surface area contributed by atoms with Crippen molar-refractivity contribution in [1.82, 2.24) is 0 Å². The van der Waals surface area contributed by atoms with Gasteiger partial charge in [0.05, 0.1) is 6.10 Å². The van der Waals surface area contributed by atoms with Crippen LogP contribution in [0.25, 0.3) is 0 Å². The third-order valence-electron chi connectivity index (χ3n) is 2.07. The molecule has 0 fully saturated rings. The zero-order chi connectivity index (χ0) is 12.2. The summed E-state index contributed by atoms with van der Waals surface area (Å²) < 4.78 is 32.0. The minimum absolute atomic E-state index is 0.0174. The van der Waals surface area contributed by atoms with Crippen molar-refractivity contribution >= 4 is 0 Å². The van der Waals surface area contributed by atoms with Gasteiger partial charge in [-0.25, -0.2) is 8.78 Å². The molecule has 1 aromatic carbocycles. The lowest BCUT2D eigenvalue weighted by Crippen LogP contribution is -2.15. The van der Waals surface area contributed by atoms with Crippen LogP contribution in [-0.2, 0) is 5.92 Å². The highest BCUT2D eigenvalue weighted by Gasteiger charge is 2.30. The summed E-state index contributed by atoms with van der Waals surface area (Å²) in [5, 5.41) is 8.53. The summed E-state index contributed by atoms with van der Waals surface area (Å²) >= 11 is 0. The summed E-state index contributed by atoms with van der Waals surface area (Å²) in [6, 6.07) is 5.68. The molecular formula is C12H16F2O2. The summed E-state index contributed by atoms with van der Waals surface area (Å²) in [7, 11) is 0. The number of alkyl halides is 2. The Bertz CT molecular complexity index is 320. The summed E-state index contributed by atoms with van der Waals surface area (Å²) in [6.45, 7) is 3.21. The Morgan fingerprint density at radius 3 is 2.25 bits per heavy atom. The van der Waals surface area contributed by atoms with Gasteiger partial charge < -0.3 is 9.84 Å². The number of ether oxygens (including phenoxy) is 1. The maximum absolute atomic E-state index is 13.3. The molecule has 16 heavy (non-hydrogen) atoms. The number of hydrogen-bond donors (Lipinski definition) is 1. The molecule has 4 heteroatoms. The van der Waals surface area contributed by atoms with Crippen LogP contribution >= 0.6 is 0 Å². The normalized spacial score (nSPS) is 11.9. The molecule has 0 aliphatic heterocycles. The zero-order valence-corrected chi connectivity index (χ0v) is 9.41. The largest absolute Gasteiger partial charge is 0.491 e. The average Bonchev–Trinajstić information content (AvgIpc) is 2.17. The molecule has 2 nitrogen and oxygen atoms in total. The lowest BCUT2D eigenvalue weighted by atomic mass is 10.1. The molecule has 0 amide bonds. The SMILES string of the molecule is CC(C)Oc1ccc(C(F)(F)CCO)cc1. The van der Waals surface area contributed by atoms with Gasteiger partial charge in [0.1, 0.15) is 5.75 Å². The fraction of sp³-hybridized carbons (Fsp3) is 0.500. The maximum atomic E-state index is 13.3. The molecule has 0 heterocycles. The van der Waals surface area contributed by atoms with Crippen molar-refractivity contribution < 1.29 is 18.6 Å². The molecule has 0 saturated carbocycles. The van der Waals surface area contributed by atoms with Gasteiger partial charge in [0.15, 0.2) is 0 Å². The third-order valence-corrected chi connectivity index (χ3v) is 2.07. The number of benzene rings is 1. The monoisotopic (exact) mass is 230 g/mol. The molecule has 0 unspecified atom stereocenters. The molecule has 0 aliphatic carbocycles. The van der Waals surface area contributed by atoms with E-state index < -0.39 is 19.0 Å². The molecular weight excluding hydrogens is 214 g/mol. The molecule has 0 bridgehead atoms. The van der Waals surface area contributed by atoms with Crippen LogP contribution in [0.5, 0.6) is 5.75 Å². The van der Waals surface area contributed by atoms with E-state index in [9.17, 15) is 8.78 Å². The van der Waals surface area contributed by atoms with Gasteiger partial charge in [0.25, 0.3) is 5.92 Å². The van der Waals surface area contributed by atoms with E-state index in [0.29, 0.717) is 5.75 Å². The summed E-state index contributed by atoms with van der Waals surface area (Å²) in [4.78, 5) is 0. The summed E-state index contributed by atoms with van der Waals surface area (Å²) in [5.41, 5.74) is -0.0994. The highest BCUT2D eigenvalue weighted by molar-refractivity contribution is 5.29. The summed E-state index contributed by atoms with van der Waals surface area (Å²) in [5.74, 6) is -2.41. The number of aliphatic hydroxyl groups excluding tert-OH is 1. The van der Waals surface area contributed by atoms with Gasteiger partial charge in [0.2, 0.25) is 0 Å². The smallest absolute Gasteiger partial charge is 0.275 e. The Morgan fingerprint density at radius 1 is 1.25 bits per heavy atom. The number of aliphatic hydroxyl groups is 1. The van der Waals surface area contributed by atoms with Crippen molar-refractivity contribution in [2.45, 2.75) is 32.3 Å². The minimum atomic E-state index is -2.98. The van der Waals surface area contributed by atoms with E-state index in [2.05, 4.69) is 0 Å². The first-order chi connectivity index (χ1) is 7.45. The first kappa shape index (κ1) is 12.9. The molecule has 1 rings (SSSR count). The van der Waals surface area contributed by atoms with Crippen LogP contribution in [0.4, 0.5) is 8.78 Å². The van der Waals surface area contributed by atoms with Crippen LogP contribution < -0.4 is 4.74 Å². The highest BCUT2D eigenvalue weighted by Crippen LogP contribution is 2.32. The lowest BCUT2D eigenvalue weighted by Gasteiger charge is -2.16. The van der Waals surface area contributed by atoms with Gasteiger partial charge in [-0.05, 0) is 38.1 Å². The van der Waals surface area contributed by atoms with Crippen molar-refractivity contribution in [2.24, 2.45) is 0 Å². The van der Waals surface area contributed by atoms with Crippen LogP contribution in [0.2, 0.25) is 0 Å². The van der Waals surface area contributed by atoms with Crippen molar-refractivity contribution in [3.8, 4) is 5.75 Å². The van der Waals surface area contributed by atoms with Crippen molar-refractivity contribution in [1.29, 1.82) is 0 Å². The molecule has 1 N–H and O–H groups in total. The van der Waals surface area contributed by atoms with E-state index in [1.165, 1.54) is 24.3 Å². The van der Waals surface area contributed by atoms with E-state index in [1.807, 2.05) is 13.8 Å². The third kappa shape index (κ3) is 3.45. The summed E-state index contributed by atoms with van der Waals surface area (Å²) in [6.07, 6.45) is -0.541. The van der Waals surface area contributed by atoms with Crippen LogP contribution in [-0.4, -0.2) is 17.8 Å². The van der Waals surface area contributed by atoms with Crippen LogP contribution in [0.15, 0.2) is 24.3 Å². The first-order valence-electron chi connectivity index (χ1n) is 5.21. The van der Waals surface area contributed by atoms with E-state index in [0.717, 1.165) is 0 Å². The van der Waals surface area contributed by atoms with E-state index in [-0.39, 0.29) is 11.7 Å². The Balaban J connectivity index is 2.78. The maximum Gasteiger partial charge on any atom is 0.275 e. The van der Waals surface area contributed by atoms with E-state index in [4.69, 9.17) is 9.84 Å². The number of hydrogen-bond acceptors (Lipinski definition) is 2. The molecule has 0 aromatic heterocycles. The van der Waals surface area contributed by atoms with Crippen LogP contribution in [0, 0.1) is 0 Å². The van der Waals surface area contributed by atoms with E-state index >= 15 is 0 Å². The van der Waals surface area contributed by atoms with Crippen molar-refractivity contribution in [3.63, 3.8) is 0 Å². The second-order valence-electron chi connectivity index (χ2n) is 3.87. The number of halogens is 2. The predicted octanol–water partition coefficient (Wildman–Crippen LogP) is 2.95. The van der Waals surface area contributed by atoms with Gasteiger partial charge in [-0.15, -0.1) is 0 Å². The molecule has 0 aliphatic rings. The van der Waals surface area contributed by atoms with E-state index in [1.54, 1.807) is 0 Å². The lowest BCUT2D eigenvalue weighted by molar-refractivity contribution is -0.0269. The molecule has 0 spiro atoms. The van der Waals surface area contributed by atoms with Gasteiger partial charge in [0, 0.05) is 18.6 Å². The van der Waals surface area contributed by atoms with Crippen molar-refractivity contribution in [2.75, 3.05) is 6.61 Å². The second kappa shape index (κ2) is 5.25. The van der Waals surface area contributed by atoms with Crippen LogP contribution in [0.3, 0.4) is 0 Å². The molecule has 0 saturated heterocycles. The van der Waals surface area contributed by atoms with Gasteiger partial charge in [-0.2, -0.15) is 0 Å². The highest BCUT2D eigenvalue weighted by atomic mass is 19.3. The first-order valence-corrected chi connectivity index (χ1v) is 5.21. The fourth-order valence-corrected chi connectivity index (χ4v) is 1.33. The van der Waals surface area contributed by atoms with Crippen LogP contribution in [0.1, 0.15) is 25.8 Å². The fourth-order valence-electron chi connectivity index (χ4n) is 1.33. The average molecular weight is 230 g/mol. The second-order valence-corrected chi connectivity index (χ2v) is 3.87.